The summed E-state index contributed by atoms with van der Waals surface area (Å²) in [6, 6.07) is 24.2. The molecule has 3 aromatic carbocycles. The summed E-state index contributed by atoms with van der Waals surface area (Å²) in [6.45, 7) is 0. The number of aromatic nitrogens is 1. The van der Waals surface area contributed by atoms with Gasteiger partial charge in [0.15, 0.2) is 11.5 Å². The number of benzene rings is 3. The molecule has 0 radical (unpaired) electrons. The first kappa shape index (κ1) is 21.9. The van der Waals surface area contributed by atoms with E-state index < -0.39 is 6.04 Å². The molecule has 6 nitrogen and oxygen atoms in total. The van der Waals surface area contributed by atoms with E-state index >= 15 is 0 Å². The summed E-state index contributed by atoms with van der Waals surface area (Å²) in [5, 5.41) is 7.42. The highest BCUT2D eigenvalue weighted by atomic mass is 35.5. The maximum Gasteiger partial charge on any atom is 0.274 e. The molecule has 0 fully saturated rings. The number of halogens is 1. The van der Waals surface area contributed by atoms with E-state index in [-0.39, 0.29) is 5.91 Å². The van der Waals surface area contributed by atoms with Gasteiger partial charge in [0, 0.05) is 29.0 Å². The smallest absolute Gasteiger partial charge is 0.274 e. The van der Waals surface area contributed by atoms with Crippen molar-refractivity contribution in [3.05, 3.63) is 101 Å². The van der Waals surface area contributed by atoms with Crippen LogP contribution in [0.1, 0.15) is 33.9 Å². The Labute approximate surface area is 202 Å². The van der Waals surface area contributed by atoms with Gasteiger partial charge in [0.25, 0.3) is 5.91 Å². The number of carbonyl (C=O) groups excluding carboxylic acids is 1. The van der Waals surface area contributed by atoms with Crippen LogP contribution in [0.4, 0.5) is 0 Å². The zero-order valence-corrected chi connectivity index (χ0v) is 19.5. The number of carbonyl (C=O) groups is 1. The number of methoxy groups -OCH3 is 2. The number of fused-ring (bicyclic) bond motifs is 1. The van der Waals surface area contributed by atoms with Crippen LogP contribution in [-0.2, 0) is 0 Å². The SMILES string of the molecule is COc1cc2cc([C@@H]3CC(c4ccccc4)=NN3C(=O)c3ccccc3)c(Cl)nc2cc1OC. The highest BCUT2D eigenvalue weighted by Crippen LogP contribution is 2.40. The topological polar surface area (TPSA) is 64.0 Å². The van der Waals surface area contributed by atoms with Crippen LogP contribution in [0.3, 0.4) is 0 Å². The molecule has 34 heavy (non-hydrogen) atoms. The molecule has 0 bridgehead atoms. The van der Waals surface area contributed by atoms with Gasteiger partial charge in [-0.25, -0.2) is 9.99 Å². The summed E-state index contributed by atoms with van der Waals surface area (Å²) in [7, 11) is 3.17. The molecular formula is C27H22ClN3O3. The molecule has 0 spiro atoms. The number of hydrogen-bond acceptors (Lipinski definition) is 5. The third-order valence-corrected chi connectivity index (χ3v) is 6.21. The van der Waals surface area contributed by atoms with Crippen molar-refractivity contribution in [2.75, 3.05) is 14.2 Å². The molecule has 0 saturated heterocycles. The summed E-state index contributed by atoms with van der Waals surface area (Å²) in [5.41, 5.74) is 3.74. The van der Waals surface area contributed by atoms with E-state index in [2.05, 4.69) is 4.98 Å². The molecule has 1 atom stereocenters. The minimum atomic E-state index is -0.402. The number of pyridine rings is 1. The molecule has 1 aliphatic heterocycles. The van der Waals surface area contributed by atoms with Crippen molar-refractivity contribution in [3.63, 3.8) is 0 Å². The van der Waals surface area contributed by atoms with E-state index in [1.807, 2.05) is 60.7 Å². The zero-order valence-electron chi connectivity index (χ0n) is 18.7. The van der Waals surface area contributed by atoms with Crippen LogP contribution in [0, 0.1) is 0 Å². The van der Waals surface area contributed by atoms with Crippen LogP contribution in [0.2, 0.25) is 5.15 Å². The second kappa shape index (κ2) is 9.15. The Morgan fingerprint density at radius 1 is 0.941 bits per heavy atom. The molecule has 0 aliphatic carbocycles. The van der Waals surface area contributed by atoms with Crippen molar-refractivity contribution in [1.29, 1.82) is 0 Å². The van der Waals surface area contributed by atoms with E-state index in [1.54, 1.807) is 32.4 Å². The predicted molar refractivity (Wildman–Crippen MR) is 133 cm³/mol. The monoisotopic (exact) mass is 471 g/mol. The molecule has 170 valence electrons. The van der Waals surface area contributed by atoms with E-state index in [1.165, 1.54) is 5.01 Å². The van der Waals surface area contributed by atoms with Gasteiger partial charge in [-0.05, 0) is 29.8 Å². The number of rotatable bonds is 5. The number of nitrogens with zero attached hydrogens (tertiary/aromatic N) is 3. The summed E-state index contributed by atoms with van der Waals surface area (Å²) in [4.78, 5) is 18.1. The highest BCUT2D eigenvalue weighted by Gasteiger charge is 2.35. The summed E-state index contributed by atoms with van der Waals surface area (Å²) in [6.07, 6.45) is 0.517. The predicted octanol–water partition coefficient (Wildman–Crippen LogP) is 5.90. The number of hydrazone groups is 1. The van der Waals surface area contributed by atoms with Crippen LogP contribution >= 0.6 is 11.6 Å². The van der Waals surface area contributed by atoms with Crippen molar-refractivity contribution in [3.8, 4) is 11.5 Å². The number of amides is 1. The van der Waals surface area contributed by atoms with Crippen molar-refractivity contribution in [2.45, 2.75) is 12.5 Å². The second-order valence-electron chi connectivity index (χ2n) is 7.92. The van der Waals surface area contributed by atoms with Crippen molar-refractivity contribution in [2.24, 2.45) is 5.10 Å². The summed E-state index contributed by atoms with van der Waals surface area (Å²) >= 11 is 6.69. The first-order valence-electron chi connectivity index (χ1n) is 10.8. The summed E-state index contributed by atoms with van der Waals surface area (Å²) < 4.78 is 10.9. The molecule has 0 unspecified atom stereocenters. The van der Waals surface area contributed by atoms with Gasteiger partial charge in [-0.1, -0.05) is 60.1 Å². The largest absolute Gasteiger partial charge is 0.493 e. The Hall–Kier alpha value is -3.90. The van der Waals surface area contributed by atoms with Crippen LogP contribution in [0.25, 0.3) is 10.9 Å². The number of ether oxygens (including phenoxy) is 2. The van der Waals surface area contributed by atoms with E-state index in [9.17, 15) is 4.79 Å². The van der Waals surface area contributed by atoms with E-state index in [0.717, 1.165) is 22.2 Å². The molecule has 0 N–H and O–H groups in total. The highest BCUT2D eigenvalue weighted by molar-refractivity contribution is 6.30. The maximum absolute atomic E-state index is 13.5. The normalized spacial score (nSPS) is 15.3. The van der Waals surface area contributed by atoms with Gasteiger partial charge in [-0.15, -0.1) is 0 Å². The standard InChI is InChI=1S/C27H22ClN3O3/c1-33-24-14-19-13-20(26(28)29-21(19)16-25(24)34-2)23-15-22(17-9-5-3-6-10-17)30-31(23)27(32)18-11-7-4-8-12-18/h3-14,16,23H,15H2,1-2H3/t23-/m0/s1. The average molecular weight is 472 g/mol. The van der Waals surface area contributed by atoms with Gasteiger partial charge >= 0.3 is 0 Å². The fraction of sp³-hybridized carbons (Fsp3) is 0.148. The molecule has 1 amide bonds. The quantitative estimate of drug-likeness (QED) is 0.340. The lowest BCUT2D eigenvalue weighted by Crippen LogP contribution is -2.27. The van der Waals surface area contributed by atoms with Crippen LogP contribution in [0.5, 0.6) is 11.5 Å². The molecule has 5 rings (SSSR count). The first-order chi connectivity index (χ1) is 16.6. The van der Waals surface area contributed by atoms with Crippen molar-refractivity contribution in [1.82, 2.24) is 9.99 Å². The molecule has 4 aromatic rings. The Kier molecular flexibility index (Phi) is 5.90. The second-order valence-corrected chi connectivity index (χ2v) is 8.27. The lowest BCUT2D eigenvalue weighted by atomic mass is 9.98. The lowest BCUT2D eigenvalue weighted by Gasteiger charge is -2.23. The summed E-state index contributed by atoms with van der Waals surface area (Å²) in [5.74, 6) is 0.970. The minimum Gasteiger partial charge on any atom is -0.493 e. The van der Waals surface area contributed by atoms with Crippen molar-refractivity contribution >= 4 is 34.1 Å². The Balaban J connectivity index is 1.61. The number of hydrogen-bond donors (Lipinski definition) is 0. The molecule has 0 saturated carbocycles. The average Bonchev–Trinajstić information content (AvgIpc) is 3.33. The van der Waals surface area contributed by atoms with Gasteiger partial charge in [-0.2, -0.15) is 5.10 Å². The fourth-order valence-corrected chi connectivity index (χ4v) is 4.46. The van der Waals surface area contributed by atoms with E-state index in [0.29, 0.717) is 34.2 Å². The van der Waals surface area contributed by atoms with Gasteiger partial charge in [0.1, 0.15) is 5.15 Å². The van der Waals surface area contributed by atoms with Gasteiger partial charge in [0.05, 0.1) is 31.5 Å². The van der Waals surface area contributed by atoms with Crippen molar-refractivity contribution < 1.29 is 14.3 Å². The van der Waals surface area contributed by atoms with Crippen LogP contribution in [0.15, 0.2) is 84.0 Å². The Morgan fingerprint density at radius 3 is 2.26 bits per heavy atom. The Bertz CT molecular complexity index is 1390. The molecule has 1 aromatic heterocycles. The fourth-order valence-electron chi connectivity index (χ4n) is 4.19. The van der Waals surface area contributed by atoms with Crippen LogP contribution < -0.4 is 9.47 Å². The lowest BCUT2D eigenvalue weighted by molar-refractivity contribution is 0.0711. The molecule has 7 heteroatoms. The maximum atomic E-state index is 13.5. The third-order valence-electron chi connectivity index (χ3n) is 5.91. The van der Waals surface area contributed by atoms with Gasteiger partial charge in [0.2, 0.25) is 0 Å². The molecule has 1 aliphatic rings. The van der Waals surface area contributed by atoms with Gasteiger partial charge < -0.3 is 9.47 Å². The Morgan fingerprint density at radius 2 is 1.59 bits per heavy atom. The minimum absolute atomic E-state index is 0.194. The molecular weight excluding hydrogens is 450 g/mol. The van der Waals surface area contributed by atoms with Crippen LogP contribution in [-0.4, -0.2) is 35.8 Å². The first-order valence-corrected chi connectivity index (χ1v) is 11.2. The zero-order chi connectivity index (χ0) is 23.7. The third kappa shape index (κ3) is 3.97. The molecule has 2 heterocycles. The van der Waals surface area contributed by atoms with E-state index in [4.69, 9.17) is 26.2 Å². The van der Waals surface area contributed by atoms with Gasteiger partial charge in [-0.3, -0.25) is 4.79 Å².